The fraction of sp³-hybridized carbons (Fsp3) is 0.267. The molecule has 0 saturated carbocycles. The number of aromatic nitrogens is 2. The highest BCUT2D eigenvalue weighted by Gasteiger charge is 2.27. The minimum Gasteiger partial charge on any atom is -0.379 e. The minimum atomic E-state index is -4.46. The summed E-state index contributed by atoms with van der Waals surface area (Å²) in [6.45, 7) is 1.34. The predicted octanol–water partition coefficient (Wildman–Crippen LogP) is -0.812. The molecule has 25 heavy (non-hydrogen) atoms. The van der Waals surface area contributed by atoms with Crippen LogP contribution in [0.1, 0.15) is 11.3 Å². The number of nitrogens with two attached hydrogens (primary N) is 1. The Balaban J connectivity index is 2.46. The maximum Gasteiger partial charge on any atom is 0.346 e. The van der Waals surface area contributed by atoms with E-state index in [9.17, 15) is 22.8 Å². The number of hydrogen-bond acceptors (Lipinski definition) is 6. The summed E-state index contributed by atoms with van der Waals surface area (Å²) < 4.78 is 31.7. The maximum atomic E-state index is 12.5. The fourth-order valence-electron chi connectivity index (χ4n) is 2.23. The first kappa shape index (κ1) is 18.5. The maximum absolute atomic E-state index is 12.5. The standard InChI is InChI=1S/C15H17N3O6S/c1-9-13(14(20)18(3)15(21)17(9)2)25(22,23)24-11-6-4-10(5-7-11)8-12(16)19/h4-7H,8H2,1-3H3,(H2,16,19). The summed E-state index contributed by atoms with van der Waals surface area (Å²) in [5, 5.41) is 0. The summed E-state index contributed by atoms with van der Waals surface area (Å²) in [4.78, 5) is 34.3. The van der Waals surface area contributed by atoms with Crippen LogP contribution >= 0.6 is 0 Å². The second-order valence-corrected chi connectivity index (χ2v) is 6.93. The molecule has 0 radical (unpaired) electrons. The van der Waals surface area contributed by atoms with Gasteiger partial charge in [0.25, 0.3) is 5.56 Å². The number of carbonyl (C=O) groups excluding carboxylic acids is 1. The van der Waals surface area contributed by atoms with E-state index in [4.69, 9.17) is 9.92 Å². The summed E-state index contributed by atoms with van der Waals surface area (Å²) in [6, 6.07) is 5.66. The average Bonchev–Trinajstić information content (AvgIpc) is 2.52. The van der Waals surface area contributed by atoms with Crippen LogP contribution in [0.5, 0.6) is 5.75 Å². The number of rotatable bonds is 5. The van der Waals surface area contributed by atoms with E-state index in [0.717, 1.165) is 4.57 Å². The van der Waals surface area contributed by atoms with Crippen LogP contribution in [0.3, 0.4) is 0 Å². The van der Waals surface area contributed by atoms with E-state index in [1.54, 1.807) is 0 Å². The van der Waals surface area contributed by atoms with Crippen molar-refractivity contribution in [3.05, 3.63) is 56.4 Å². The molecule has 2 aromatic rings. The van der Waals surface area contributed by atoms with Crippen LogP contribution in [0.4, 0.5) is 0 Å². The Labute approximate surface area is 143 Å². The van der Waals surface area contributed by atoms with Gasteiger partial charge in [0.15, 0.2) is 4.90 Å². The van der Waals surface area contributed by atoms with Crippen molar-refractivity contribution in [1.29, 1.82) is 0 Å². The Morgan fingerprint density at radius 2 is 1.68 bits per heavy atom. The average molecular weight is 367 g/mol. The van der Waals surface area contributed by atoms with Gasteiger partial charge in [0.1, 0.15) is 5.75 Å². The van der Waals surface area contributed by atoms with Crippen molar-refractivity contribution < 1.29 is 17.4 Å². The Bertz CT molecular complexity index is 1050. The quantitative estimate of drug-likeness (QED) is 0.688. The normalized spacial score (nSPS) is 11.3. The van der Waals surface area contributed by atoms with Gasteiger partial charge in [-0.2, -0.15) is 8.42 Å². The molecule has 2 N–H and O–H groups in total. The van der Waals surface area contributed by atoms with Crippen LogP contribution in [0.2, 0.25) is 0 Å². The summed E-state index contributed by atoms with van der Waals surface area (Å²) in [6.07, 6.45) is 0.00742. The molecule has 10 heteroatoms. The molecule has 9 nitrogen and oxygen atoms in total. The van der Waals surface area contributed by atoms with Gasteiger partial charge in [-0.15, -0.1) is 0 Å². The zero-order chi connectivity index (χ0) is 18.9. The van der Waals surface area contributed by atoms with Gasteiger partial charge in [-0.3, -0.25) is 18.7 Å². The van der Waals surface area contributed by atoms with Crippen LogP contribution in [0.15, 0.2) is 38.8 Å². The first-order valence-corrected chi connectivity index (χ1v) is 8.53. The van der Waals surface area contributed by atoms with E-state index in [0.29, 0.717) is 10.1 Å². The van der Waals surface area contributed by atoms with Gasteiger partial charge in [-0.25, -0.2) is 4.79 Å². The van der Waals surface area contributed by atoms with Crippen LogP contribution in [-0.4, -0.2) is 23.5 Å². The van der Waals surface area contributed by atoms with Crippen molar-refractivity contribution >= 4 is 16.0 Å². The molecule has 134 valence electrons. The first-order valence-electron chi connectivity index (χ1n) is 7.13. The lowest BCUT2D eigenvalue weighted by atomic mass is 10.1. The van der Waals surface area contributed by atoms with Gasteiger partial charge in [0, 0.05) is 19.8 Å². The lowest BCUT2D eigenvalue weighted by Crippen LogP contribution is -2.41. The Morgan fingerprint density at radius 3 is 2.20 bits per heavy atom. The lowest BCUT2D eigenvalue weighted by Gasteiger charge is -2.13. The van der Waals surface area contributed by atoms with Gasteiger partial charge in [0.05, 0.1) is 6.42 Å². The van der Waals surface area contributed by atoms with E-state index < -0.39 is 32.2 Å². The van der Waals surface area contributed by atoms with E-state index in [-0.39, 0.29) is 17.9 Å². The Morgan fingerprint density at radius 1 is 1.12 bits per heavy atom. The minimum absolute atomic E-state index is 0.00742. The molecule has 1 amide bonds. The topological polar surface area (TPSA) is 130 Å². The number of nitrogens with zero attached hydrogens (tertiary/aromatic N) is 2. The number of hydrogen-bond donors (Lipinski definition) is 1. The second-order valence-electron chi connectivity index (χ2n) is 5.44. The highest BCUT2D eigenvalue weighted by atomic mass is 32.2. The lowest BCUT2D eigenvalue weighted by molar-refractivity contribution is -0.117. The zero-order valence-corrected chi connectivity index (χ0v) is 14.7. The second kappa shape index (κ2) is 6.55. The van der Waals surface area contributed by atoms with Gasteiger partial charge < -0.3 is 9.92 Å². The molecule has 1 heterocycles. The van der Waals surface area contributed by atoms with Crippen molar-refractivity contribution in [3.8, 4) is 5.75 Å². The summed E-state index contributed by atoms with van der Waals surface area (Å²) in [5.41, 5.74) is 4.04. The Kier molecular flexibility index (Phi) is 4.84. The molecule has 0 aliphatic rings. The van der Waals surface area contributed by atoms with Crippen molar-refractivity contribution in [3.63, 3.8) is 0 Å². The van der Waals surface area contributed by atoms with Crippen LogP contribution < -0.4 is 21.2 Å². The largest absolute Gasteiger partial charge is 0.379 e. The molecular weight excluding hydrogens is 350 g/mol. The van der Waals surface area contributed by atoms with Crippen LogP contribution in [0, 0.1) is 6.92 Å². The third-order valence-electron chi connectivity index (χ3n) is 3.66. The predicted molar refractivity (Wildman–Crippen MR) is 88.8 cm³/mol. The molecule has 0 fully saturated rings. The van der Waals surface area contributed by atoms with Gasteiger partial charge in [0.2, 0.25) is 5.91 Å². The molecule has 0 aliphatic carbocycles. The first-order chi connectivity index (χ1) is 11.5. The summed E-state index contributed by atoms with van der Waals surface area (Å²) in [7, 11) is -1.92. The SMILES string of the molecule is Cc1c(S(=O)(=O)Oc2ccc(CC(N)=O)cc2)c(=O)n(C)c(=O)n1C. The Hall–Kier alpha value is -2.88. The number of primary amides is 1. The molecule has 0 aliphatic heterocycles. The molecule has 2 rings (SSSR count). The summed E-state index contributed by atoms with van der Waals surface area (Å²) in [5.74, 6) is -0.561. The number of amides is 1. The van der Waals surface area contributed by atoms with E-state index in [1.165, 1.54) is 45.3 Å². The molecule has 0 unspecified atom stereocenters. The number of carbonyl (C=O) groups is 1. The molecular formula is C15H17N3O6S. The fourth-order valence-corrected chi connectivity index (χ4v) is 3.53. The highest BCUT2D eigenvalue weighted by molar-refractivity contribution is 7.87. The molecule has 0 saturated heterocycles. The van der Waals surface area contributed by atoms with E-state index in [1.807, 2.05) is 0 Å². The monoisotopic (exact) mass is 367 g/mol. The molecule has 0 atom stereocenters. The van der Waals surface area contributed by atoms with Crippen molar-refractivity contribution in [2.45, 2.75) is 18.2 Å². The van der Waals surface area contributed by atoms with Crippen LogP contribution in [0.25, 0.3) is 0 Å². The van der Waals surface area contributed by atoms with E-state index in [2.05, 4.69) is 0 Å². The molecule has 0 spiro atoms. The van der Waals surface area contributed by atoms with Crippen LogP contribution in [-0.2, 0) is 35.4 Å². The number of benzene rings is 1. The summed E-state index contributed by atoms with van der Waals surface area (Å²) >= 11 is 0. The molecule has 0 bridgehead atoms. The van der Waals surface area contributed by atoms with Gasteiger partial charge in [-0.05, 0) is 24.6 Å². The third kappa shape index (κ3) is 3.63. The molecule has 1 aromatic heterocycles. The van der Waals surface area contributed by atoms with E-state index >= 15 is 0 Å². The van der Waals surface area contributed by atoms with Gasteiger partial charge in [-0.1, -0.05) is 12.1 Å². The van der Waals surface area contributed by atoms with Crippen molar-refractivity contribution in [1.82, 2.24) is 9.13 Å². The molecule has 1 aromatic carbocycles. The van der Waals surface area contributed by atoms with Crippen molar-refractivity contribution in [2.75, 3.05) is 0 Å². The third-order valence-corrected chi connectivity index (χ3v) is 5.04. The van der Waals surface area contributed by atoms with Crippen molar-refractivity contribution in [2.24, 2.45) is 19.8 Å². The van der Waals surface area contributed by atoms with Gasteiger partial charge >= 0.3 is 15.8 Å². The highest BCUT2D eigenvalue weighted by Crippen LogP contribution is 2.19. The zero-order valence-electron chi connectivity index (χ0n) is 13.8. The smallest absolute Gasteiger partial charge is 0.346 e.